The fourth-order valence-corrected chi connectivity index (χ4v) is 2.52. The van der Waals surface area contributed by atoms with Crippen molar-refractivity contribution in [2.45, 2.75) is 45.1 Å². The Morgan fingerprint density at radius 2 is 1.79 bits per heavy atom. The Balaban J connectivity index is 2.40. The van der Waals surface area contributed by atoms with Crippen molar-refractivity contribution in [3.8, 4) is 5.75 Å². The molecule has 152 valence electrons. The maximum absolute atomic E-state index is 14.2. The van der Waals surface area contributed by atoms with Gasteiger partial charge in [0.15, 0.2) is 11.6 Å². The molecule has 0 amide bonds. The number of nitrogens with zero attached hydrogens (tertiary/aromatic N) is 1. The third-order valence-electron chi connectivity index (χ3n) is 3.49. The van der Waals surface area contributed by atoms with Crippen molar-refractivity contribution >= 4 is 5.97 Å². The van der Waals surface area contributed by atoms with E-state index in [1.54, 1.807) is 20.8 Å². The molecular weight excluding hydrogens is 385 g/mol. The van der Waals surface area contributed by atoms with Crippen LogP contribution in [-0.2, 0) is 9.53 Å². The summed E-state index contributed by atoms with van der Waals surface area (Å²) in [5.74, 6) is -4.84. The molecule has 0 saturated heterocycles. The van der Waals surface area contributed by atoms with Crippen molar-refractivity contribution < 1.29 is 36.2 Å². The predicted molar refractivity (Wildman–Crippen MR) is 89.6 cm³/mol. The Labute approximate surface area is 158 Å². The van der Waals surface area contributed by atoms with Gasteiger partial charge < -0.3 is 9.47 Å². The molecule has 0 N–H and O–H groups in total. The summed E-state index contributed by atoms with van der Waals surface area (Å²) >= 11 is 0. The summed E-state index contributed by atoms with van der Waals surface area (Å²) in [6.07, 6.45) is -4.16. The molecule has 4 nitrogen and oxygen atoms in total. The third kappa shape index (κ3) is 6.17. The lowest BCUT2D eigenvalue weighted by atomic mass is 9.91. The van der Waals surface area contributed by atoms with Crippen LogP contribution in [0, 0.1) is 11.6 Å². The lowest BCUT2D eigenvalue weighted by Gasteiger charge is -2.23. The second-order valence-corrected chi connectivity index (χ2v) is 6.95. The largest absolute Gasteiger partial charge is 0.573 e. The van der Waals surface area contributed by atoms with Crippen molar-refractivity contribution in [3.05, 3.63) is 59.4 Å². The average molecular weight is 403 g/mol. The van der Waals surface area contributed by atoms with E-state index in [0.717, 1.165) is 24.3 Å². The van der Waals surface area contributed by atoms with Crippen LogP contribution in [0.15, 0.2) is 36.5 Å². The number of carbonyl (C=O) groups is 1. The highest BCUT2D eigenvalue weighted by molar-refractivity contribution is 5.71. The molecule has 0 fully saturated rings. The van der Waals surface area contributed by atoms with Crippen molar-refractivity contribution in [1.82, 2.24) is 4.98 Å². The number of ether oxygens (including phenoxy) is 2. The van der Waals surface area contributed by atoms with Gasteiger partial charge in [-0.1, -0.05) is 6.07 Å². The van der Waals surface area contributed by atoms with E-state index in [0.29, 0.717) is 0 Å². The fraction of sp³-hybridized carbons (Fsp3) is 0.368. The maximum atomic E-state index is 14.2. The van der Waals surface area contributed by atoms with Gasteiger partial charge in [0.25, 0.3) is 0 Å². The van der Waals surface area contributed by atoms with Gasteiger partial charge in [-0.25, -0.2) is 8.78 Å². The minimum Gasteiger partial charge on any atom is -0.460 e. The molecule has 0 saturated carbocycles. The van der Waals surface area contributed by atoms with Crippen LogP contribution in [0.25, 0.3) is 0 Å². The minimum absolute atomic E-state index is 0.0514. The summed E-state index contributed by atoms with van der Waals surface area (Å²) in [7, 11) is 0. The highest BCUT2D eigenvalue weighted by atomic mass is 19.4. The quantitative estimate of drug-likeness (QED) is 0.514. The van der Waals surface area contributed by atoms with E-state index >= 15 is 0 Å². The number of hydrogen-bond acceptors (Lipinski definition) is 4. The summed E-state index contributed by atoms with van der Waals surface area (Å²) in [4.78, 5) is 16.1. The van der Waals surface area contributed by atoms with Crippen LogP contribution >= 0.6 is 0 Å². The van der Waals surface area contributed by atoms with E-state index in [4.69, 9.17) is 4.74 Å². The summed E-state index contributed by atoms with van der Waals surface area (Å²) in [5.41, 5.74) is -0.910. The summed E-state index contributed by atoms with van der Waals surface area (Å²) in [6, 6.07) is 5.09. The van der Waals surface area contributed by atoms with Gasteiger partial charge in [-0.2, -0.15) is 0 Å². The van der Waals surface area contributed by atoms with E-state index in [1.807, 2.05) is 0 Å². The van der Waals surface area contributed by atoms with Crippen LogP contribution in [0.3, 0.4) is 0 Å². The zero-order valence-corrected chi connectivity index (χ0v) is 15.3. The van der Waals surface area contributed by atoms with Crippen LogP contribution in [0.5, 0.6) is 5.75 Å². The molecule has 0 aliphatic carbocycles. The zero-order chi connectivity index (χ0) is 21.1. The molecule has 0 spiro atoms. The summed E-state index contributed by atoms with van der Waals surface area (Å²) < 4.78 is 74.1. The first-order valence-electron chi connectivity index (χ1n) is 8.23. The minimum atomic E-state index is -5.06. The molecule has 0 aliphatic heterocycles. The van der Waals surface area contributed by atoms with Crippen molar-refractivity contribution in [2.75, 3.05) is 0 Å². The van der Waals surface area contributed by atoms with Crippen LogP contribution in [0.4, 0.5) is 22.0 Å². The number of carbonyl (C=O) groups excluding carboxylic acids is 1. The standard InChI is InChI=1S/C19H18F5NO3/c1-18(2,3)28-16(26)10-12(17-13(20)5-4-8-25-17)11-6-7-15(14(21)9-11)27-19(22,23)24/h4-9,12H,10H2,1-3H3/t12-/m0/s1. The van der Waals surface area contributed by atoms with E-state index in [1.165, 1.54) is 12.3 Å². The Hall–Kier alpha value is -2.71. The van der Waals surface area contributed by atoms with E-state index in [9.17, 15) is 26.7 Å². The fourth-order valence-electron chi connectivity index (χ4n) is 2.52. The van der Waals surface area contributed by atoms with Crippen LogP contribution in [-0.4, -0.2) is 22.9 Å². The van der Waals surface area contributed by atoms with E-state index < -0.39 is 41.2 Å². The second-order valence-electron chi connectivity index (χ2n) is 6.95. The molecule has 2 rings (SSSR count). The Kier molecular flexibility index (Phi) is 6.26. The molecule has 1 heterocycles. The van der Waals surface area contributed by atoms with Crippen molar-refractivity contribution in [2.24, 2.45) is 0 Å². The number of halogens is 5. The van der Waals surface area contributed by atoms with Gasteiger partial charge in [-0.05, 0) is 50.6 Å². The van der Waals surface area contributed by atoms with Gasteiger partial charge in [0, 0.05) is 12.1 Å². The first-order chi connectivity index (χ1) is 12.9. The monoisotopic (exact) mass is 403 g/mol. The number of rotatable bonds is 5. The molecule has 9 heteroatoms. The van der Waals surface area contributed by atoms with Gasteiger partial charge in [0.05, 0.1) is 12.1 Å². The normalized spacial score (nSPS) is 13.1. The number of pyridine rings is 1. The molecule has 0 bridgehead atoms. The first-order valence-corrected chi connectivity index (χ1v) is 8.23. The number of aromatic nitrogens is 1. The number of alkyl halides is 3. The smallest absolute Gasteiger partial charge is 0.460 e. The number of esters is 1. The maximum Gasteiger partial charge on any atom is 0.573 e. The highest BCUT2D eigenvalue weighted by Gasteiger charge is 2.33. The van der Waals surface area contributed by atoms with Crippen molar-refractivity contribution in [1.29, 1.82) is 0 Å². The lowest BCUT2D eigenvalue weighted by Crippen LogP contribution is -2.25. The second kappa shape index (κ2) is 8.12. The Morgan fingerprint density at radius 3 is 2.32 bits per heavy atom. The van der Waals surface area contributed by atoms with Crippen LogP contribution < -0.4 is 4.74 Å². The topological polar surface area (TPSA) is 48.4 Å². The first kappa shape index (κ1) is 21.6. The van der Waals surface area contributed by atoms with Gasteiger partial charge >= 0.3 is 12.3 Å². The summed E-state index contributed by atoms with van der Waals surface area (Å²) in [6.45, 7) is 4.93. The molecule has 2 aromatic rings. The SMILES string of the molecule is CC(C)(C)OC(=O)C[C@@H](c1ccc(OC(F)(F)F)c(F)c1)c1ncccc1F. The third-order valence-corrected chi connectivity index (χ3v) is 3.49. The van der Waals surface area contributed by atoms with Crippen LogP contribution in [0.2, 0.25) is 0 Å². The van der Waals surface area contributed by atoms with Gasteiger partial charge in [0.2, 0.25) is 0 Å². The molecule has 1 aromatic heterocycles. The molecule has 0 radical (unpaired) electrons. The van der Waals surface area contributed by atoms with E-state index in [2.05, 4.69) is 9.72 Å². The van der Waals surface area contributed by atoms with Gasteiger partial charge in [0.1, 0.15) is 11.4 Å². The van der Waals surface area contributed by atoms with E-state index in [-0.39, 0.29) is 17.7 Å². The van der Waals surface area contributed by atoms with Crippen LogP contribution in [0.1, 0.15) is 44.4 Å². The van der Waals surface area contributed by atoms with Crippen molar-refractivity contribution in [3.63, 3.8) is 0 Å². The number of benzene rings is 1. The molecule has 1 aromatic carbocycles. The van der Waals surface area contributed by atoms with Gasteiger partial charge in [-0.3, -0.25) is 9.78 Å². The summed E-state index contributed by atoms with van der Waals surface area (Å²) in [5, 5.41) is 0. The average Bonchev–Trinajstić information content (AvgIpc) is 2.52. The number of hydrogen-bond donors (Lipinski definition) is 0. The molecule has 1 atom stereocenters. The molecular formula is C19H18F5NO3. The predicted octanol–water partition coefficient (Wildman–Crippen LogP) is 5.12. The lowest BCUT2D eigenvalue weighted by molar-refractivity contribution is -0.275. The molecule has 0 aliphatic rings. The Morgan fingerprint density at radius 1 is 1.11 bits per heavy atom. The zero-order valence-electron chi connectivity index (χ0n) is 15.3. The molecule has 28 heavy (non-hydrogen) atoms. The molecule has 0 unspecified atom stereocenters. The highest BCUT2D eigenvalue weighted by Crippen LogP contribution is 2.33. The van der Waals surface area contributed by atoms with Gasteiger partial charge in [-0.15, -0.1) is 13.2 Å². The Bertz CT molecular complexity index is 846.